The second-order valence-corrected chi connectivity index (χ2v) is 7.63. The van der Waals surface area contributed by atoms with E-state index in [9.17, 15) is 37.5 Å². The molecular formula is C22H26F4N4O5. The van der Waals surface area contributed by atoms with Gasteiger partial charge in [-0.2, -0.15) is 8.78 Å². The molecule has 35 heavy (non-hydrogen) atoms. The lowest BCUT2D eigenvalue weighted by atomic mass is 10.2. The fourth-order valence-corrected chi connectivity index (χ4v) is 3.43. The van der Waals surface area contributed by atoms with E-state index >= 15 is 0 Å². The average Bonchev–Trinajstić information content (AvgIpc) is 3.08. The Labute approximate surface area is 199 Å². The molecule has 1 aliphatic heterocycles. The predicted octanol–water partition coefficient (Wildman–Crippen LogP) is 2.04. The van der Waals surface area contributed by atoms with Gasteiger partial charge in [-0.15, -0.1) is 0 Å². The van der Waals surface area contributed by atoms with Crippen LogP contribution in [-0.4, -0.2) is 79.1 Å². The number of carbonyl (C=O) groups excluding carboxylic acids is 2. The van der Waals surface area contributed by atoms with Gasteiger partial charge in [0.1, 0.15) is 5.69 Å². The van der Waals surface area contributed by atoms with Crippen molar-refractivity contribution in [2.24, 2.45) is 0 Å². The normalized spacial score (nSPS) is 15.1. The Balaban J connectivity index is 0.00000456. The Kier molecular flexibility index (Phi) is 8.84. The molecule has 9 nitrogen and oxygen atoms in total. The lowest BCUT2D eigenvalue weighted by Crippen LogP contribution is -2.41. The molecule has 2 aromatic carbocycles. The summed E-state index contributed by atoms with van der Waals surface area (Å²) in [5, 5.41) is 23.1. The van der Waals surface area contributed by atoms with Crippen LogP contribution in [0.4, 0.5) is 28.9 Å². The average molecular weight is 502 g/mol. The molecule has 0 unspecified atom stereocenters. The molecule has 0 bridgehead atoms. The highest BCUT2D eigenvalue weighted by Gasteiger charge is 2.26. The minimum absolute atomic E-state index is 0. The van der Waals surface area contributed by atoms with Crippen molar-refractivity contribution in [2.75, 3.05) is 49.3 Å². The Bertz CT molecular complexity index is 1010. The van der Waals surface area contributed by atoms with Gasteiger partial charge in [0, 0.05) is 38.8 Å². The van der Waals surface area contributed by atoms with Gasteiger partial charge in [-0.05, 0) is 12.1 Å². The summed E-state index contributed by atoms with van der Waals surface area (Å²) in [7, 11) is 0. The van der Waals surface area contributed by atoms with E-state index in [2.05, 4.69) is 0 Å². The standard InChI is InChI=1S/C22H24F4N4O5.H2/c23-17-10-15(29(34)13-16(31)12-27-21(32)20(25)26)11-18(24)19(17)28-6-7-30(35-9-8-28)22(33)14-4-2-1-3-5-14;/h1-5,10-11,16,20,31,34H,6-9,12-13H2,(H,27,32);1H/t16-;/m0./s1. The summed E-state index contributed by atoms with van der Waals surface area (Å²) in [5.74, 6) is -4.01. The Morgan fingerprint density at radius 1 is 1.11 bits per heavy atom. The van der Waals surface area contributed by atoms with Gasteiger partial charge in [0.05, 0.1) is 31.5 Å². The van der Waals surface area contributed by atoms with E-state index in [1.54, 1.807) is 35.6 Å². The van der Waals surface area contributed by atoms with Crippen LogP contribution in [0.3, 0.4) is 0 Å². The minimum Gasteiger partial charge on any atom is -0.389 e. The number of benzene rings is 2. The van der Waals surface area contributed by atoms with E-state index < -0.39 is 43.2 Å². The van der Waals surface area contributed by atoms with Crippen LogP contribution < -0.4 is 15.3 Å². The molecule has 0 saturated carbocycles. The van der Waals surface area contributed by atoms with Crippen LogP contribution in [0.15, 0.2) is 42.5 Å². The summed E-state index contributed by atoms with van der Waals surface area (Å²) in [5.41, 5.74) is -0.318. The number of hydrogen-bond acceptors (Lipinski definition) is 7. The minimum atomic E-state index is -3.27. The quantitative estimate of drug-likeness (QED) is 0.375. The lowest BCUT2D eigenvalue weighted by molar-refractivity contribution is -0.132. The van der Waals surface area contributed by atoms with Crippen LogP contribution in [0.5, 0.6) is 0 Å². The first-order valence-electron chi connectivity index (χ1n) is 10.6. The summed E-state index contributed by atoms with van der Waals surface area (Å²) >= 11 is 0. The molecule has 1 atom stereocenters. The third-order valence-electron chi connectivity index (χ3n) is 5.14. The topological polar surface area (TPSA) is 106 Å². The molecule has 3 rings (SSSR count). The van der Waals surface area contributed by atoms with Gasteiger partial charge in [0.15, 0.2) is 11.6 Å². The van der Waals surface area contributed by atoms with Crippen molar-refractivity contribution in [3.05, 3.63) is 59.7 Å². The fraction of sp³-hybridized carbons (Fsp3) is 0.364. The molecule has 0 spiro atoms. The number of aliphatic hydroxyl groups excluding tert-OH is 1. The molecule has 0 radical (unpaired) electrons. The third kappa shape index (κ3) is 6.81. The summed E-state index contributed by atoms with van der Waals surface area (Å²) < 4.78 is 54.1. The van der Waals surface area contributed by atoms with Crippen molar-refractivity contribution in [3.8, 4) is 0 Å². The van der Waals surface area contributed by atoms with Crippen molar-refractivity contribution < 1.29 is 43.7 Å². The number of halogens is 4. The molecular weight excluding hydrogens is 476 g/mol. The van der Waals surface area contributed by atoms with Crippen LogP contribution >= 0.6 is 0 Å². The molecule has 2 amide bonds. The van der Waals surface area contributed by atoms with Crippen LogP contribution in [0, 0.1) is 11.6 Å². The summed E-state index contributed by atoms with van der Waals surface area (Å²) in [6.07, 6.45) is -4.76. The number of hydrogen-bond donors (Lipinski definition) is 3. The Morgan fingerprint density at radius 3 is 2.40 bits per heavy atom. The predicted molar refractivity (Wildman–Crippen MR) is 118 cm³/mol. The number of alkyl halides is 2. The second-order valence-electron chi connectivity index (χ2n) is 7.63. The number of nitrogens with zero attached hydrogens (tertiary/aromatic N) is 3. The zero-order valence-corrected chi connectivity index (χ0v) is 18.4. The molecule has 1 heterocycles. The molecule has 0 aromatic heterocycles. The highest BCUT2D eigenvalue weighted by Crippen LogP contribution is 2.29. The first kappa shape index (κ1) is 26.2. The summed E-state index contributed by atoms with van der Waals surface area (Å²) in [6, 6.07) is 10.1. The number of hydroxylamine groups is 3. The van der Waals surface area contributed by atoms with Crippen molar-refractivity contribution in [2.45, 2.75) is 12.5 Å². The van der Waals surface area contributed by atoms with Gasteiger partial charge in [-0.25, -0.2) is 13.8 Å². The molecule has 192 valence electrons. The van der Waals surface area contributed by atoms with Crippen LogP contribution in [0.25, 0.3) is 0 Å². The molecule has 1 aliphatic rings. The SMILES string of the molecule is O=C(NC[C@H](O)CN(O)c1cc(F)c(N2CCON(C(=O)c3ccccc3)CC2)c(F)c1)C(F)F.[HH]. The van der Waals surface area contributed by atoms with Gasteiger partial charge in [-0.1, -0.05) is 18.2 Å². The zero-order chi connectivity index (χ0) is 25.5. The Morgan fingerprint density at radius 2 is 1.77 bits per heavy atom. The number of nitrogens with one attached hydrogen (secondary N) is 1. The van der Waals surface area contributed by atoms with Crippen molar-refractivity contribution in [1.82, 2.24) is 10.4 Å². The van der Waals surface area contributed by atoms with E-state index in [0.717, 1.165) is 17.2 Å². The monoisotopic (exact) mass is 502 g/mol. The van der Waals surface area contributed by atoms with E-state index in [-0.39, 0.29) is 44.9 Å². The molecule has 0 aliphatic carbocycles. The van der Waals surface area contributed by atoms with E-state index in [0.29, 0.717) is 10.6 Å². The largest absolute Gasteiger partial charge is 0.389 e. The van der Waals surface area contributed by atoms with E-state index in [1.807, 2.05) is 0 Å². The van der Waals surface area contributed by atoms with Crippen molar-refractivity contribution in [1.29, 1.82) is 0 Å². The van der Waals surface area contributed by atoms with E-state index in [1.165, 1.54) is 4.90 Å². The van der Waals surface area contributed by atoms with Crippen molar-refractivity contribution in [3.63, 3.8) is 0 Å². The van der Waals surface area contributed by atoms with Gasteiger partial charge >= 0.3 is 6.43 Å². The van der Waals surface area contributed by atoms with Crippen molar-refractivity contribution >= 4 is 23.2 Å². The van der Waals surface area contributed by atoms with Gasteiger partial charge < -0.3 is 15.3 Å². The van der Waals surface area contributed by atoms with Crippen LogP contribution in [-0.2, 0) is 9.63 Å². The number of anilines is 2. The highest BCUT2D eigenvalue weighted by molar-refractivity contribution is 5.93. The molecule has 2 aromatic rings. The second kappa shape index (κ2) is 11.8. The maximum Gasteiger partial charge on any atom is 0.315 e. The van der Waals surface area contributed by atoms with Gasteiger partial charge in [0.2, 0.25) is 0 Å². The molecule has 1 saturated heterocycles. The number of aliphatic hydroxyl groups is 1. The maximum absolute atomic E-state index is 14.8. The lowest BCUT2D eigenvalue weighted by Gasteiger charge is -2.25. The molecule has 1 fully saturated rings. The van der Waals surface area contributed by atoms with Crippen LogP contribution in [0.2, 0.25) is 0 Å². The summed E-state index contributed by atoms with van der Waals surface area (Å²) in [6.45, 7) is -1.04. The van der Waals surface area contributed by atoms with Crippen LogP contribution in [0.1, 0.15) is 11.8 Å². The first-order chi connectivity index (χ1) is 16.7. The number of carbonyl (C=O) groups is 2. The van der Waals surface area contributed by atoms with Gasteiger partial charge in [0.25, 0.3) is 11.8 Å². The zero-order valence-electron chi connectivity index (χ0n) is 18.4. The highest BCUT2D eigenvalue weighted by atomic mass is 19.3. The fourth-order valence-electron chi connectivity index (χ4n) is 3.43. The third-order valence-corrected chi connectivity index (χ3v) is 5.14. The molecule has 13 heteroatoms. The van der Waals surface area contributed by atoms with Gasteiger partial charge in [-0.3, -0.25) is 24.7 Å². The Hall–Kier alpha value is -3.42. The van der Waals surface area contributed by atoms with E-state index in [4.69, 9.17) is 4.84 Å². The number of amides is 2. The number of rotatable bonds is 8. The first-order valence-corrected chi connectivity index (χ1v) is 10.6. The summed E-state index contributed by atoms with van der Waals surface area (Å²) in [4.78, 5) is 30.2. The maximum atomic E-state index is 14.8. The smallest absolute Gasteiger partial charge is 0.315 e. The molecule has 3 N–H and O–H groups in total.